The third kappa shape index (κ3) is 7.20. The Balaban J connectivity index is 1.88. The minimum absolute atomic E-state index is 0.0860. The monoisotopic (exact) mass is 758 g/mol. The summed E-state index contributed by atoms with van der Waals surface area (Å²) in [5.41, 5.74) is 5.56. The molecule has 52 heavy (non-hydrogen) atoms. The molecular formula is C30H30N8O12S2. The summed E-state index contributed by atoms with van der Waals surface area (Å²) in [4.78, 5) is 47.2. The molecule has 0 saturated heterocycles. The van der Waals surface area contributed by atoms with Gasteiger partial charge in [-0.05, 0) is 52.0 Å². The number of carbonyl (C=O) groups is 2. The summed E-state index contributed by atoms with van der Waals surface area (Å²) in [6.07, 6.45) is 0. The van der Waals surface area contributed by atoms with Crippen molar-refractivity contribution in [3.63, 3.8) is 0 Å². The van der Waals surface area contributed by atoms with Crippen molar-refractivity contribution in [1.82, 2.24) is 9.13 Å². The molecule has 274 valence electrons. The summed E-state index contributed by atoms with van der Waals surface area (Å²) in [6.45, 7) is 5.37. The lowest BCUT2D eigenvalue weighted by atomic mass is 10.0. The summed E-state index contributed by atoms with van der Waals surface area (Å²) in [5, 5.41) is 36.7. The fourth-order valence-corrected chi connectivity index (χ4v) is 6.70. The second-order valence-electron chi connectivity index (χ2n) is 10.9. The molecule has 0 atom stereocenters. The molecule has 2 aromatic heterocycles. The Morgan fingerprint density at radius 2 is 0.981 bits per heavy atom. The molecule has 0 unspecified atom stereocenters. The van der Waals surface area contributed by atoms with Crippen LogP contribution in [0.1, 0.15) is 45.7 Å². The summed E-state index contributed by atoms with van der Waals surface area (Å²) >= 11 is 0. The first-order valence-electron chi connectivity index (χ1n) is 14.7. The third-order valence-corrected chi connectivity index (χ3v) is 9.53. The molecule has 0 bridgehead atoms. The van der Waals surface area contributed by atoms with Gasteiger partial charge in [-0.2, -0.15) is 27.1 Å². The van der Waals surface area contributed by atoms with E-state index in [9.17, 15) is 55.3 Å². The average molecular weight is 759 g/mol. The van der Waals surface area contributed by atoms with Crippen LogP contribution in [0.3, 0.4) is 0 Å². The number of rotatable bonds is 11. The van der Waals surface area contributed by atoms with Crippen molar-refractivity contribution in [2.24, 2.45) is 31.9 Å². The molecule has 22 heteroatoms. The van der Waals surface area contributed by atoms with E-state index in [1.165, 1.54) is 27.7 Å². The van der Waals surface area contributed by atoms with E-state index in [4.69, 9.17) is 11.5 Å². The zero-order valence-electron chi connectivity index (χ0n) is 27.6. The molecule has 8 N–H and O–H groups in total. The molecule has 0 aliphatic carbocycles. The van der Waals surface area contributed by atoms with Crippen LogP contribution in [0.2, 0.25) is 0 Å². The number of nitrogens with zero attached hydrogens (tertiary/aromatic N) is 6. The number of benzene rings is 2. The van der Waals surface area contributed by atoms with Crippen molar-refractivity contribution in [2.45, 2.75) is 50.6 Å². The molecule has 20 nitrogen and oxygen atoms in total. The Morgan fingerprint density at radius 3 is 1.25 bits per heavy atom. The van der Waals surface area contributed by atoms with Gasteiger partial charge < -0.3 is 21.7 Å². The average Bonchev–Trinajstić information content (AvgIpc) is 3.03. The quantitative estimate of drug-likeness (QED) is 0.0948. The van der Waals surface area contributed by atoms with Crippen LogP contribution in [-0.2, 0) is 33.3 Å². The number of primary amides is 2. The van der Waals surface area contributed by atoms with E-state index in [-0.39, 0.29) is 47.0 Å². The Hall–Kier alpha value is -6.10. The van der Waals surface area contributed by atoms with Crippen molar-refractivity contribution in [3.05, 3.63) is 79.4 Å². The van der Waals surface area contributed by atoms with Crippen molar-refractivity contribution < 1.29 is 45.7 Å². The predicted molar refractivity (Wildman–Crippen MR) is 182 cm³/mol. The maximum absolute atomic E-state index is 12.6. The summed E-state index contributed by atoms with van der Waals surface area (Å²) in [5.74, 6) is -3.55. The number of amides is 2. The molecule has 4 aromatic rings. The van der Waals surface area contributed by atoms with Gasteiger partial charge in [0, 0.05) is 35.3 Å². The Kier molecular flexibility index (Phi) is 10.6. The number of hydrogen-bond donors (Lipinski definition) is 6. The van der Waals surface area contributed by atoms with Crippen molar-refractivity contribution in [1.29, 1.82) is 0 Å². The maximum atomic E-state index is 12.6. The fourth-order valence-electron chi connectivity index (χ4n) is 5.25. The van der Waals surface area contributed by atoms with Crippen LogP contribution in [0.15, 0.2) is 76.2 Å². The highest BCUT2D eigenvalue weighted by molar-refractivity contribution is 7.86. The molecule has 0 aliphatic rings. The van der Waals surface area contributed by atoms with Crippen LogP contribution in [0.4, 0.5) is 22.7 Å². The minimum Gasteiger partial charge on any atom is -0.493 e. The highest BCUT2D eigenvalue weighted by Crippen LogP contribution is 2.39. The number of pyridine rings is 2. The Bertz CT molecular complexity index is 2410. The topological polar surface area (TPSA) is 329 Å². The van der Waals surface area contributed by atoms with Gasteiger partial charge in [0.25, 0.3) is 43.2 Å². The number of azo groups is 2. The highest BCUT2D eigenvalue weighted by atomic mass is 32.2. The van der Waals surface area contributed by atoms with Crippen LogP contribution in [0.25, 0.3) is 11.1 Å². The number of aromatic nitrogens is 2. The van der Waals surface area contributed by atoms with E-state index in [0.717, 1.165) is 45.5 Å². The van der Waals surface area contributed by atoms with Gasteiger partial charge in [-0.25, -0.2) is 0 Å². The van der Waals surface area contributed by atoms with Crippen molar-refractivity contribution >= 4 is 54.8 Å². The first-order chi connectivity index (χ1) is 24.1. The van der Waals surface area contributed by atoms with Gasteiger partial charge in [0.05, 0.1) is 11.4 Å². The SMILES string of the molecule is CCn1c(O)c(N=Nc2ccc(-c3ccc(N=Nc4c(C)c(C(N)=O)c(=O)n(CC)c4O)cc3S(=O)(=O)O)c(S(=O)(=O)O)c2)c(C)c(C(N)=O)c1=O. The van der Waals surface area contributed by atoms with E-state index < -0.39 is 87.0 Å². The van der Waals surface area contributed by atoms with Crippen LogP contribution in [0.5, 0.6) is 11.8 Å². The highest BCUT2D eigenvalue weighted by Gasteiger charge is 2.26. The van der Waals surface area contributed by atoms with E-state index in [1.54, 1.807) is 0 Å². The first kappa shape index (κ1) is 38.7. The van der Waals surface area contributed by atoms with Crippen molar-refractivity contribution in [2.75, 3.05) is 0 Å². The van der Waals surface area contributed by atoms with Gasteiger partial charge in [0.1, 0.15) is 32.3 Å². The second kappa shape index (κ2) is 14.3. The molecular weight excluding hydrogens is 729 g/mol. The van der Waals surface area contributed by atoms with Crippen molar-refractivity contribution in [3.8, 4) is 22.9 Å². The lowest BCUT2D eigenvalue weighted by Gasteiger charge is -2.14. The van der Waals surface area contributed by atoms with Gasteiger partial charge in [0.15, 0.2) is 0 Å². The molecule has 2 amide bonds. The standard InChI is InChI=1S/C30H30N8O12S2/c1-5-37-27(41)21(25(31)39)13(3)23(29(37)43)35-33-15-7-9-17(19(11-15)51(45,46)47)18-10-8-16(12-20(18)52(48,49)50)34-36-24-14(4)22(26(32)40)28(42)38(6-2)30(24)44/h7-12,43-44H,5-6H2,1-4H3,(H2,31,39)(H2,32,40)(H,45,46,47)(H,48,49,50). The van der Waals surface area contributed by atoms with E-state index in [1.807, 2.05) is 0 Å². The van der Waals surface area contributed by atoms with E-state index in [2.05, 4.69) is 20.5 Å². The van der Waals surface area contributed by atoms with Gasteiger partial charge in [-0.1, -0.05) is 12.1 Å². The van der Waals surface area contributed by atoms with Crippen LogP contribution >= 0.6 is 0 Å². The lowest BCUT2D eigenvalue weighted by molar-refractivity contribution is 0.0989. The van der Waals surface area contributed by atoms with Crippen LogP contribution in [-0.4, -0.2) is 57.1 Å². The maximum Gasteiger partial charge on any atom is 0.295 e. The van der Waals surface area contributed by atoms with Crippen LogP contribution < -0.4 is 22.6 Å². The molecule has 2 heterocycles. The van der Waals surface area contributed by atoms with Crippen LogP contribution in [0, 0.1) is 13.8 Å². The summed E-state index contributed by atoms with van der Waals surface area (Å²) in [6, 6.07) is 5.90. The summed E-state index contributed by atoms with van der Waals surface area (Å²) in [7, 11) is -10.3. The zero-order valence-corrected chi connectivity index (χ0v) is 29.2. The predicted octanol–water partition coefficient (Wildman–Crippen LogP) is 3.27. The first-order valence-corrected chi connectivity index (χ1v) is 17.6. The van der Waals surface area contributed by atoms with Gasteiger partial charge >= 0.3 is 0 Å². The smallest absolute Gasteiger partial charge is 0.295 e. The number of nitrogens with two attached hydrogens (primary N) is 2. The Labute approximate surface area is 293 Å². The number of carbonyl (C=O) groups excluding carboxylic acids is 2. The minimum atomic E-state index is -5.16. The fraction of sp³-hybridized carbons (Fsp3) is 0.200. The van der Waals surface area contributed by atoms with E-state index >= 15 is 0 Å². The van der Waals surface area contributed by atoms with E-state index in [0.29, 0.717) is 0 Å². The molecule has 0 radical (unpaired) electrons. The molecule has 0 spiro atoms. The normalized spacial score (nSPS) is 12.2. The Morgan fingerprint density at radius 1 is 0.654 bits per heavy atom. The largest absolute Gasteiger partial charge is 0.493 e. The molecule has 0 fully saturated rings. The lowest BCUT2D eigenvalue weighted by Crippen LogP contribution is -2.30. The summed E-state index contributed by atoms with van der Waals surface area (Å²) < 4.78 is 71.9. The molecule has 4 rings (SSSR count). The molecule has 0 saturated carbocycles. The number of hydrogen-bond acceptors (Lipinski definition) is 14. The molecule has 2 aromatic carbocycles. The second-order valence-corrected chi connectivity index (χ2v) is 13.7. The molecule has 0 aliphatic heterocycles. The van der Waals surface area contributed by atoms with Gasteiger partial charge in [0.2, 0.25) is 11.8 Å². The zero-order chi connectivity index (χ0) is 39.0. The van der Waals surface area contributed by atoms with Gasteiger partial charge in [-0.15, -0.1) is 10.2 Å². The number of aromatic hydroxyl groups is 2. The van der Waals surface area contributed by atoms with Gasteiger partial charge in [-0.3, -0.25) is 37.4 Å². The third-order valence-electron chi connectivity index (χ3n) is 7.75.